The molecule has 1 rings (SSSR count). The molecule has 0 heterocycles. The van der Waals surface area contributed by atoms with Crippen molar-refractivity contribution in [3.8, 4) is 0 Å². The van der Waals surface area contributed by atoms with Gasteiger partial charge in [0.2, 0.25) is 0 Å². The average Bonchev–Trinajstić information content (AvgIpc) is 2.32. The summed E-state index contributed by atoms with van der Waals surface area (Å²) in [5.74, 6) is 0. The van der Waals surface area contributed by atoms with Gasteiger partial charge in [0.1, 0.15) is 0 Å². The summed E-state index contributed by atoms with van der Waals surface area (Å²) in [5, 5.41) is 12.1. The first-order chi connectivity index (χ1) is 7.83. The molecule has 0 saturated heterocycles. The molecule has 0 unspecified atom stereocenters. The molecule has 0 bridgehead atoms. The summed E-state index contributed by atoms with van der Waals surface area (Å²) in [6.07, 6.45) is 0.821. The SMILES string of the molecule is CCN(CCCO)c1ccccc1CNC. The highest BCUT2D eigenvalue weighted by Gasteiger charge is 2.07. The van der Waals surface area contributed by atoms with Crippen molar-refractivity contribution in [2.24, 2.45) is 0 Å². The van der Waals surface area contributed by atoms with Crippen molar-refractivity contribution in [1.29, 1.82) is 0 Å². The Morgan fingerprint density at radius 3 is 2.69 bits per heavy atom. The van der Waals surface area contributed by atoms with Gasteiger partial charge in [-0.15, -0.1) is 0 Å². The molecule has 0 saturated carbocycles. The van der Waals surface area contributed by atoms with Crippen molar-refractivity contribution in [2.45, 2.75) is 19.9 Å². The van der Waals surface area contributed by atoms with Crippen LogP contribution in [0.5, 0.6) is 0 Å². The predicted molar refractivity (Wildman–Crippen MR) is 68.8 cm³/mol. The second-order valence-corrected chi connectivity index (χ2v) is 3.82. The van der Waals surface area contributed by atoms with Crippen LogP contribution in [0, 0.1) is 0 Å². The van der Waals surface area contributed by atoms with Crippen LogP contribution < -0.4 is 10.2 Å². The number of para-hydroxylation sites is 1. The second-order valence-electron chi connectivity index (χ2n) is 3.82. The molecule has 0 aromatic heterocycles. The third-order valence-corrected chi connectivity index (χ3v) is 2.67. The second kappa shape index (κ2) is 7.25. The maximum absolute atomic E-state index is 8.89. The first-order valence-corrected chi connectivity index (χ1v) is 5.91. The van der Waals surface area contributed by atoms with E-state index in [-0.39, 0.29) is 6.61 Å². The fourth-order valence-electron chi connectivity index (χ4n) is 1.87. The van der Waals surface area contributed by atoms with Crippen LogP contribution in [-0.4, -0.2) is 31.9 Å². The Kier molecular flexibility index (Phi) is 5.90. The van der Waals surface area contributed by atoms with Gasteiger partial charge in [-0.1, -0.05) is 18.2 Å². The van der Waals surface area contributed by atoms with Crippen LogP contribution >= 0.6 is 0 Å². The Balaban J connectivity index is 2.81. The van der Waals surface area contributed by atoms with E-state index in [4.69, 9.17) is 5.11 Å². The molecule has 0 atom stereocenters. The number of anilines is 1. The molecule has 3 nitrogen and oxygen atoms in total. The number of aliphatic hydroxyl groups excluding tert-OH is 1. The van der Waals surface area contributed by atoms with Gasteiger partial charge < -0.3 is 15.3 Å². The molecule has 90 valence electrons. The normalized spacial score (nSPS) is 10.4. The van der Waals surface area contributed by atoms with Crippen LogP contribution in [0.25, 0.3) is 0 Å². The Bertz CT molecular complexity index is 302. The lowest BCUT2D eigenvalue weighted by atomic mass is 10.1. The predicted octanol–water partition coefficient (Wildman–Crippen LogP) is 1.61. The van der Waals surface area contributed by atoms with Crippen LogP contribution in [0.3, 0.4) is 0 Å². The fraction of sp³-hybridized carbons (Fsp3) is 0.538. The molecule has 0 amide bonds. The number of rotatable bonds is 7. The third-order valence-electron chi connectivity index (χ3n) is 2.67. The van der Waals surface area contributed by atoms with Gasteiger partial charge in [-0.2, -0.15) is 0 Å². The van der Waals surface area contributed by atoms with Crippen LogP contribution in [-0.2, 0) is 6.54 Å². The fourth-order valence-corrected chi connectivity index (χ4v) is 1.87. The molecule has 0 radical (unpaired) electrons. The van der Waals surface area contributed by atoms with Crippen molar-refractivity contribution in [3.63, 3.8) is 0 Å². The lowest BCUT2D eigenvalue weighted by molar-refractivity contribution is 0.289. The summed E-state index contributed by atoms with van der Waals surface area (Å²) in [4.78, 5) is 2.31. The van der Waals surface area contributed by atoms with Gasteiger partial charge in [0.25, 0.3) is 0 Å². The summed E-state index contributed by atoms with van der Waals surface area (Å²) in [7, 11) is 1.96. The van der Waals surface area contributed by atoms with Crippen molar-refractivity contribution in [1.82, 2.24) is 5.32 Å². The van der Waals surface area contributed by atoms with E-state index < -0.39 is 0 Å². The average molecular weight is 222 g/mol. The summed E-state index contributed by atoms with van der Waals surface area (Å²) in [5.41, 5.74) is 2.58. The molecule has 0 aliphatic heterocycles. The van der Waals surface area contributed by atoms with Crippen LogP contribution in [0.4, 0.5) is 5.69 Å². The van der Waals surface area contributed by atoms with Crippen molar-refractivity contribution in [3.05, 3.63) is 29.8 Å². The monoisotopic (exact) mass is 222 g/mol. The molecule has 3 heteroatoms. The highest BCUT2D eigenvalue weighted by atomic mass is 16.3. The Hall–Kier alpha value is -1.06. The highest BCUT2D eigenvalue weighted by molar-refractivity contribution is 5.53. The first-order valence-electron chi connectivity index (χ1n) is 5.91. The van der Waals surface area contributed by atoms with Crippen LogP contribution in [0.15, 0.2) is 24.3 Å². The largest absolute Gasteiger partial charge is 0.396 e. The number of nitrogens with one attached hydrogen (secondary N) is 1. The topological polar surface area (TPSA) is 35.5 Å². The molecule has 1 aromatic rings. The molecular weight excluding hydrogens is 200 g/mol. The maximum atomic E-state index is 8.89. The van der Waals surface area contributed by atoms with Gasteiger partial charge in [0.15, 0.2) is 0 Å². The van der Waals surface area contributed by atoms with E-state index in [1.54, 1.807) is 0 Å². The van der Waals surface area contributed by atoms with E-state index in [0.29, 0.717) is 0 Å². The Morgan fingerprint density at radius 1 is 1.31 bits per heavy atom. The molecule has 0 aliphatic rings. The lowest BCUT2D eigenvalue weighted by Gasteiger charge is -2.25. The maximum Gasteiger partial charge on any atom is 0.0447 e. The standard InChI is InChI=1S/C13H22N2O/c1-3-15(9-6-10-16)13-8-5-4-7-12(13)11-14-2/h4-5,7-8,14,16H,3,6,9-11H2,1-2H3. The quantitative estimate of drug-likeness (QED) is 0.736. The number of hydrogen-bond acceptors (Lipinski definition) is 3. The summed E-state index contributed by atoms with van der Waals surface area (Å²) >= 11 is 0. The zero-order valence-corrected chi connectivity index (χ0v) is 10.2. The number of aliphatic hydroxyl groups is 1. The zero-order valence-electron chi connectivity index (χ0n) is 10.2. The van der Waals surface area contributed by atoms with Crippen LogP contribution in [0.2, 0.25) is 0 Å². The molecule has 0 fully saturated rings. The van der Waals surface area contributed by atoms with Crippen molar-refractivity contribution in [2.75, 3.05) is 31.6 Å². The number of hydrogen-bond donors (Lipinski definition) is 2. The Morgan fingerprint density at radius 2 is 2.06 bits per heavy atom. The third kappa shape index (κ3) is 3.51. The molecule has 1 aromatic carbocycles. The van der Waals surface area contributed by atoms with E-state index >= 15 is 0 Å². The zero-order chi connectivity index (χ0) is 11.8. The molecule has 2 N–H and O–H groups in total. The number of nitrogens with zero attached hydrogens (tertiary/aromatic N) is 1. The molecule has 16 heavy (non-hydrogen) atoms. The minimum absolute atomic E-state index is 0.255. The van der Waals surface area contributed by atoms with Crippen molar-refractivity contribution < 1.29 is 5.11 Å². The molecular formula is C13H22N2O. The highest BCUT2D eigenvalue weighted by Crippen LogP contribution is 2.20. The van der Waals surface area contributed by atoms with E-state index in [9.17, 15) is 0 Å². The van der Waals surface area contributed by atoms with Gasteiger partial charge in [-0.25, -0.2) is 0 Å². The number of benzene rings is 1. The van der Waals surface area contributed by atoms with Gasteiger partial charge in [0.05, 0.1) is 0 Å². The van der Waals surface area contributed by atoms with E-state index in [1.807, 2.05) is 7.05 Å². The minimum atomic E-state index is 0.255. The van der Waals surface area contributed by atoms with E-state index in [0.717, 1.165) is 26.1 Å². The molecule has 0 spiro atoms. The smallest absolute Gasteiger partial charge is 0.0447 e. The van der Waals surface area contributed by atoms with Crippen LogP contribution in [0.1, 0.15) is 18.9 Å². The summed E-state index contributed by atoms with van der Waals surface area (Å²) < 4.78 is 0. The molecule has 0 aliphatic carbocycles. The van der Waals surface area contributed by atoms with Gasteiger partial charge in [0, 0.05) is 31.9 Å². The van der Waals surface area contributed by atoms with Crippen molar-refractivity contribution >= 4 is 5.69 Å². The van der Waals surface area contributed by atoms with Gasteiger partial charge in [-0.3, -0.25) is 0 Å². The Labute approximate surface area is 98.1 Å². The van der Waals surface area contributed by atoms with Gasteiger partial charge in [-0.05, 0) is 32.0 Å². The lowest BCUT2D eigenvalue weighted by Crippen LogP contribution is -2.26. The minimum Gasteiger partial charge on any atom is -0.396 e. The summed E-state index contributed by atoms with van der Waals surface area (Å²) in [6.45, 7) is 5.17. The van der Waals surface area contributed by atoms with Gasteiger partial charge >= 0.3 is 0 Å². The van der Waals surface area contributed by atoms with E-state index in [2.05, 4.69) is 41.4 Å². The van der Waals surface area contributed by atoms with E-state index in [1.165, 1.54) is 11.3 Å². The first kappa shape index (κ1) is 13.0. The summed E-state index contributed by atoms with van der Waals surface area (Å²) in [6, 6.07) is 8.42.